The molecule has 0 spiro atoms. The Kier molecular flexibility index (Phi) is 8.07. The van der Waals surface area contributed by atoms with Crippen LogP contribution in [-0.4, -0.2) is 30.2 Å². The van der Waals surface area contributed by atoms with E-state index < -0.39 is 5.97 Å². The summed E-state index contributed by atoms with van der Waals surface area (Å²) in [5.41, 5.74) is 0. The minimum absolute atomic E-state index is 0.103. The molecular weight excluding hydrogens is 256 g/mol. The first-order valence-corrected chi connectivity index (χ1v) is 7.85. The zero-order chi connectivity index (χ0) is 14.8. The monoisotopic (exact) mass is 284 g/mol. The van der Waals surface area contributed by atoms with Crippen molar-refractivity contribution in [1.82, 2.24) is 10.6 Å². The maximum Gasteiger partial charge on any atom is 0.314 e. The van der Waals surface area contributed by atoms with Crippen molar-refractivity contribution in [1.29, 1.82) is 0 Å². The number of hydrogen-bond donors (Lipinski definition) is 3. The molecule has 0 saturated heterocycles. The van der Waals surface area contributed by atoms with Crippen LogP contribution >= 0.6 is 0 Å². The maximum absolute atomic E-state index is 11.5. The molecule has 0 heterocycles. The van der Waals surface area contributed by atoms with E-state index in [4.69, 9.17) is 5.11 Å². The minimum Gasteiger partial charge on any atom is -0.481 e. The Morgan fingerprint density at radius 3 is 2.50 bits per heavy atom. The fraction of sp³-hybridized carbons (Fsp3) is 0.867. The summed E-state index contributed by atoms with van der Waals surface area (Å²) in [4.78, 5) is 22.0. The summed E-state index contributed by atoms with van der Waals surface area (Å²) in [6.07, 6.45) is 7.73. The lowest BCUT2D eigenvalue weighted by Crippen LogP contribution is -2.37. The Balaban J connectivity index is 1.96. The van der Waals surface area contributed by atoms with Crippen molar-refractivity contribution in [2.75, 3.05) is 13.1 Å². The highest BCUT2D eigenvalue weighted by Crippen LogP contribution is 2.33. The number of carbonyl (C=O) groups is 2. The molecule has 0 aromatic rings. The van der Waals surface area contributed by atoms with E-state index in [0.29, 0.717) is 18.9 Å². The predicted molar refractivity (Wildman–Crippen MR) is 78.6 cm³/mol. The van der Waals surface area contributed by atoms with Crippen LogP contribution in [0.4, 0.5) is 4.79 Å². The first-order chi connectivity index (χ1) is 9.61. The SMILES string of the molecule is CCC(CCNC(=O)NCCCC1CC1)CCC(=O)O. The summed E-state index contributed by atoms with van der Waals surface area (Å²) < 4.78 is 0. The van der Waals surface area contributed by atoms with E-state index in [-0.39, 0.29) is 12.5 Å². The fourth-order valence-corrected chi connectivity index (χ4v) is 2.33. The number of nitrogens with one attached hydrogen (secondary N) is 2. The van der Waals surface area contributed by atoms with Gasteiger partial charge in [0.15, 0.2) is 0 Å². The normalized spacial score (nSPS) is 15.7. The second-order valence-corrected chi connectivity index (χ2v) is 5.76. The quantitative estimate of drug-likeness (QED) is 0.510. The van der Waals surface area contributed by atoms with E-state index in [9.17, 15) is 9.59 Å². The summed E-state index contributed by atoms with van der Waals surface area (Å²) >= 11 is 0. The summed E-state index contributed by atoms with van der Waals surface area (Å²) in [6, 6.07) is -0.103. The van der Waals surface area contributed by atoms with Crippen LogP contribution < -0.4 is 10.6 Å². The lowest BCUT2D eigenvalue weighted by atomic mass is 9.97. The standard InChI is InChI=1S/C15H28N2O3/c1-2-12(7-8-14(18)19)9-11-17-15(20)16-10-3-4-13-5-6-13/h12-13H,2-11H2,1H3,(H,18,19)(H2,16,17,20). The molecule has 1 aliphatic rings. The van der Waals surface area contributed by atoms with Crippen LogP contribution in [0.3, 0.4) is 0 Å². The van der Waals surface area contributed by atoms with Crippen LogP contribution in [0.5, 0.6) is 0 Å². The topological polar surface area (TPSA) is 78.4 Å². The van der Waals surface area contributed by atoms with Gasteiger partial charge in [0.25, 0.3) is 0 Å². The maximum atomic E-state index is 11.5. The Labute approximate surface area is 121 Å². The molecule has 2 amide bonds. The molecular formula is C15H28N2O3. The van der Waals surface area contributed by atoms with Crippen LogP contribution in [0.2, 0.25) is 0 Å². The second kappa shape index (κ2) is 9.61. The molecule has 0 aromatic heterocycles. The van der Waals surface area contributed by atoms with Crippen molar-refractivity contribution < 1.29 is 14.7 Å². The largest absolute Gasteiger partial charge is 0.481 e. The molecule has 0 bridgehead atoms. The van der Waals surface area contributed by atoms with Crippen molar-refractivity contribution in [3.63, 3.8) is 0 Å². The molecule has 3 N–H and O–H groups in total. The third kappa shape index (κ3) is 8.77. The van der Waals surface area contributed by atoms with E-state index >= 15 is 0 Å². The van der Waals surface area contributed by atoms with Crippen molar-refractivity contribution in [2.45, 2.75) is 58.3 Å². The molecule has 1 atom stereocenters. The molecule has 1 fully saturated rings. The van der Waals surface area contributed by atoms with Gasteiger partial charge in [-0.3, -0.25) is 4.79 Å². The van der Waals surface area contributed by atoms with Gasteiger partial charge in [-0.15, -0.1) is 0 Å². The Hall–Kier alpha value is -1.26. The van der Waals surface area contributed by atoms with E-state index in [2.05, 4.69) is 17.6 Å². The highest BCUT2D eigenvalue weighted by atomic mass is 16.4. The summed E-state index contributed by atoms with van der Waals surface area (Å²) in [7, 11) is 0. The lowest BCUT2D eigenvalue weighted by Gasteiger charge is -2.14. The van der Waals surface area contributed by atoms with Gasteiger partial charge in [-0.2, -0.15) is 0 Å². The van der Waals surface area contributed by atoms with Crippen molar-refractivity contribution in [3.8, 4) is 0 Å². The van der Waals surface area contributed by atoms with Gasteiger partial charge in [-0.25, -0.2) is 4.79 Å². The smallest absolute Gasteiger partial charge is 0.314 e. The third-order valence-electron chi connectivity index (χ3n) is 3.95. The zero-order valence-corrected chi connectivity index (χ0v) is 12.5. The predicted octanol–water partition coefficient (Wildman–Crippen LogP) is 2.76. The van der Waals surface area contributed by atoms with Crippen LogP contribution in [0.15, 0.2) is 0 Å². The average molecular weight is 284 g/mol. The molecule has 5 nitrogen and oxygen atoms in total. The Morgan fingerprint density at radius 2 is 1.90 bits per heavy atom. The fourth-order valence-electron chi connectivity index (χ4n) is 2.33. The first kappa shape index (κ1) is 16.8. The van der Waals surface area contributed by atoms with Crippen LogP contribution in [0.1, 0.15) is 58.3 Å². The van der Waals surface area contributed by atoms with E-state index in [0.717, 1.165) is 31.7 Å². The summed E-state index contributed by atoms with van der Waals surface area (Å²) in [5.74, 6) is 0.547. The number of hydrogen-bond acceptors (Lipinski definition) is 2. The van der Waals surface area contributed by atoms with E-state index in [1.54, 1.807) is 0 Å². The summed E-state index contributed by atoms with van der Waals surface area (Å²) in [6.45, 7) is 3.43. The number of carboxylic acid groups (broad SMARTS) is 1. The van der Waals surface area contributed by atoms with Crippen molar-refractivity contribution in [3.05, 3.63) is 0 Å². The van der Waals surface area contributed by atoms with Crippen molar-refractivity contribution >= 4 is 12.0 Å². The number of amides is 2. The first-order valence-electron chi connectivity index (χ1n) is 7.85. The third-order valence-corrected chi connectivity index (χ3v) is 3.95. The minimum atomic E-state index is -0.746. The van der Waals surface area contributed by atoms with Crippen LogP contribution in [0.25, 0.3) is 0 Å². The van der Waals surface area contributed by atoms with E-state index in [1.807, 2.05) is 0 Å². The second-order valence-electron chi connectivity index (χ2n) is 5.76. The lowest BCUT2D eigenvalue weighted by molar-refractivity contribution is -0.137. The molecule has 5 heteroatoms. The molecule has 0 aromatic carbocycles. The molecule has 1 saturated carbocycles. The van der Waals surface area contributed by atoms with Gasteiger partial charge in [0.1, 0.15) is 0 Å². The van der Waals surface area contributed by atoms with Crippen molar-refractivity contribution in [2.24, 2.45) is 11.8 Å². The van der Waals surface area contributed by atoms with Crippen LogP contribution in [-0.2, 0) is 4.79 Å². The highest BCUT2D eigenvalue weighted by Gasteiger charge is 2.20. The summed E-state index contributed by atoms with van der Waals surface area (Å²) in [5, 5.41) is 14.4. The Morgan fingerprint density at radius 1 is 1.20 bits per heavy atom. The molecule has 1 unspecified atom stereocenters. The molecule has 0 radical (unpaired) electrons. The van der Waals surface area contributed by atoms with Gasteiger partial charge in [-0.1, -0.05) is 26.2 Å². The zero-order valence-electron chi connectivity index (χ0n) is 12.5. The number of aliphatic carboxylic acids is 1. The average Bonchev–Trinajstić information content (AvgIpc) is 3.22. The molecule has 20 heavy (non-hydrogen) atoms. The Bertz CT molecular complexity index is 303. The molecule has 0 aliphatic heterocycles. The van der Waals surface area contributed by atoms with Gasteiger partial charge in [0.2, 0.25) is 0 Å². The van der Waals surface area contributed by atoms with Gasteiger partial charge in [0, 0.05) is 19.5 Å². The molecule has 116 valence electrons. The highest BCUT2D eigenvalue weighted by molar-refractivity contribution is 5.73. The van der Waals surface area contributed by atoms with Gasteiger partial charge in [0.05, 0.1) is 0 Å². The van der Waals surface area contributed by atoms with E-state index in [1.165, 1.54) is 19.3 Å². The number of carbonyl (C=O) groups excluding carboxylic acids is 1. The number of carboxylic acids is 1. The van der Waals surface area contributed by atoms with Gasteiger partial charge >= 0.3 is 12.0 Å². The van der Waals surface area contributed by atoms with Gasteiger partial charge in [-0.05, 0) is 37.5 Å². The molecule has 1 aliphatic carbocycles. The van der Waals surface area contributed by atoms with Gasteiger partial charge < -0.3 is 15.7 Å². The number of rotatable bonds is 11. The van der Waals surface area contributed by atoms with Crippen LogP contribution in [0, 0.1) is 11.8 Å². The molecule has 1 rings (SSSR count). The number of urea groups is 1.